The third kappa shape index (κ3) is 3.70. The molecule has 4 aromatic rings. The van der Waals surface area contributed by atoms with Crippen LogP contribution in [0.25, 0.3) is 22.2 Å². The molecule has 0 bridgehead atoms. The van der Waals surface area contributed by atoms with Crippen molar-refractivity contribution in [1.29, 1.82) is 0 Å². The molecule has 28 heavy (non-hydrogen) atoms. The molecule has 1 N–H and O–H groups in total. The van der Waals surface area contributed by atoms with Crippen molar-refractivity contribution in [3.8, 4) is 11.3 Å². The second-order valence-corrected chi connectivity index (χ2v) is 7.64. The van der Waals surface area contributed by atoms with Crippen LogP contribution in [0.1, 0.15) is 10.6 Å². The van der Waals surface area contributed by atoms with Crippen molar-refractivity contribution in [3.05, 3.63) is 75.1 Å². The van der Waals surface area contributed by atoms with Gasteiger partial charge in [-0.3, -0.25) is 14.2 Å². The van der Waals surface area contributed by atoms with E-state index in [-0.39, 0.29) is 18.0 Å². The SMILES string of the molecule is Cc1ccc2ncn(CC(=O)Nc3cccc(-c4csc(C)n4)c3)c(=O)c2c1. The van der Waals surface area contributed by atoms with Gasteiger partial charge in [-0.2, -0.15) is 0 Å². The quantitative estimate of drug-likeness (QED) is 0.575. The molecule has 0 spiro atoms. The first kappa shape index (κ1) is 18.1. The number of fused-ring (bicyclic) bond motifs is 1. The highest BCUT2D eigenvalue weighted by Crippen LogP contribution is 2.24. The van der Waals surface area contributed by atoms with E-state index in [2.05, 4.69) is 15.3 Å². The molecule has 0 aliphatic heterocycles. The van der Waals surface area contributed by atoms with Gasteiger partial charge in [-0.15, -0.1) is 11.3 Å². The zero-order chi connectivity index (χ0) is 19.7. The number of benzene rings is 2. The third-order valence-electron chi connectivity index (χ3n) is 4.35. The lowest BCUT2D eigenvalue weighted by Crippen LogP contribution is -2.27. The number of aromatic nitrogens is 3. The van der Waals surface area contributed by atoms with Gasteiger partial charge in [0.25, 0.3) is 5.56 Å². The van der Waals surface area contributed by atoms with E-state index in [1.54, 1.807) is 17.4 Å². The average molecular weight is 390 g/mol. The maximum Gasteiger partial charge on any atom is 0.261 e. The number of nitrogens with one attached hydrogen (secondary N) is 1. The lowest BCUT2D eigenvalue weighted by atomic mass is 10.1. The first-order chi connectivity index (χ1) is 13.5. The van der Waals surface area contributed by atoms with Crippen LogP contribution in [-0.4, -0.2) is 20.4 Å². The molecule has 1 amide bonds. The minimum atomic E-state index is -0.289. The Labute approximate surface area is 165 Å². The summed E-state index contributed by atoms with van der Waals surface area (Å²) in [5, 5.41) is 6.33. The molecule has 0 atom stereocenters. The van der Waals surface area contributed by atoms with E-state index >= 15 is 0 Å². The smallest absolute Gasteiger partial charge is 0.261 e. The number of aryl methyl sites for hydroxylation is 2. The van der Waals surface area contributed by atoms with E-state index in [0.717, 1.165) is 21.8 Å². The lowest BCUT2D eigenvalue weighted by Gasteiger charge is -2.09. The van der Waals surface area contributed by atoms with Crippen LogP contribution < -0.4 is 10.9 Å². The first-order valence-corrected chi connectivity index (χ1v) is 9.66. The molecule has 6 nitrogen and oxygen atoms in total. The van der Waals surface area contributed by atoms with Crippen LogP contribution in [0.5, 0.6) is 0 Å². The number of hydrogen-bond donors (Lipinski definition) is 1. The maximum absolute atomic E-state index is 12.6. The van der Waals surface area contributed by atoms with Crippen LogP contribution in [0.2, 0.25) is 0 Å². The molecule has 4 rings (SSSR count). The second kappa shape index (κ2) is 7.36. The highest BCUT2D eigenvalue weighted by Gasteiger charge is 2.10. The van der Waals surface area contributed by atoms with Gasteiger partial charge in [-0.1, -0.05) is 23.8 Å². The van der Waals surface area contributed by atoms with Gasteiger partial charge in [0.05, 0.1) is 27.9 Å². The fraction of sp³-hybridized carbons (Fsp3) is 0.143. The fourth-order valence-electron chi connectivity index (χ4n) is 2.99. The van der Waals surface area contributed by atoms with Crippen molar-refractivity contribution in [1.82, 2.24) is 14.5 Å². The van der Waals surface area contributed by atoms with Crippen molar-refractivity contribution in [2.45, 2.75) is 20.4 Å². The minimum Gasteiger partial charge on any atom is -0.325 e. The third-order valence-corrected chi connectivity index (χ3v) is 5.13. The van der Waals surface area contributed by atoms with Gasteiger partial charge >= 0.3 is 0 Å². The standard InChI is InChI=1S/C21H18N4O2S/c1-13-6-7-18-17(8-13)21(27)25(12-22-18)10-20(26)24-16-5-3-4-15(9-16)19-11-28-14(2)23-19/h3-9,11-12H,10H2,1-2H3,(H,24,26). The molecule has 0 aliphatic carbocycles. The topological polar surface area (TPSA) is 76.9 Å². The molecule has 140 valence electrons. The zero-order valence-electron chi connectivity index (χ0n) is 15.5. The highest BCUT2D eigenvalue weighted by molar-refractivity contribution is 7.09. The van der Waals surface area contributed by atoms with E-state index in [4.69, 9.17) is 0 Å². The van der Waals surface area contributed by atoms with Crippen molar-refractivity contribution in [3.63, 3.8) is 0 Å². The Morgan fingerprint density at radius 1 is 1.18 bits per heavy atom. The molecule has 7 heteroatoms. The van der Waals surface area contributed by atoms with E-state index < -0.39 is 0 Å². The van der Waals surface area contributed by atoms with Gasteiger partial charge in [0.2, 0.25) is 5.91 Å². The Bertz CT molecular complexity index is 1240. The van der Waals surface area contributed by atoms with Crippen molar-refractivity contribution < 1.29 is 4.79 Å². The molecule has 0 saturated carbocycles. The van der Waals surface area contributed by atoms with Gasteiger partial charge < -0.3 is 5.32 Å². The Balaban J connectivity index is 1.54. The first-order valence-electron chi connectivity index (χ1n) is 8.78. The number of carbonyl (C=O) groups excluding carboxylic acids is 1. The van der Waals surface area contributed by atoms with E-state index in [9.17, 15) is 9.59 Å². The van der Waals surface area contributed by atoms with Crippen LogP contribution >= 0.6 is 11.3 Å². The molecule has 0 saturated heterocycles. The molecule has 0 unspecified atom stereocenters. The summed E-state index contributed by atoms with van der Waals surface area (Å²) in [5.74, 6) is -0.289. The van der Waals surface area contributed by atoms with Gasteiger partial charge in [-0.05, 0) is 38.1 Å². The van der Waals surface area contributed by atoms with Crippen LogP contribution in [0.4, 0.5) is 5.69 Å². The summed E-state index contributed by atoms with van der Waals surface area (Å²) < 4.78 is 1.32. The second-order valence-electron chi connectivity index (χ2n) is 6.58. The summed E-state index contributed by atoms with van der Waals surface area (Å²) in [6.45, 7) is 3.77. The van der Waals surface area contributed by atoms with Gasteiger partial charge in [0, 0.05) is 16.6 Å². The summed E-state index contributed by atoms with van der Waals surface area (Å²) >= 11 is 1.58. The predicted molar refractivity (Wildman–Crippen MR) is 112 cm³/mol. The lowest BCUT2D eigenvalue weighted by molar-refractivity contribution is -0.116. The Morgan fingerprint density at radius 2 is 2.04 bits per heavy atom. The van der Waals surface area contributed by atoms with Gasteiger partial charge in [-0.25, -0.2) is 9.97 Å². The van der Waals surface area contributed by atoms with Crippen molar-refractivity contribution >= 4 is 33.8 Å². The van der Waals surface area contributed by atoms with Crippen LogP contribution in [-0.2, 0) is 11.3 Å². The number of thiazole rings is 1. The summed E-state index contributed by atoms with van der Waals surface area (Å²) in [6, 6.07) is 13.0. The maximum atomic E-state index is 12.6. The Hall–Kier alpha value is -3.32. The highest BCUT2D eigenvalue weighted by atomic mass is 32.1. The molecule has 2 aromatic heterocycles. The molecule has 0 radical (unpaired) electrons. The van der Waals surface area contributed by atoms with Gasteiger partial charge in [0.1, 0.15) is 6.54 Å². The Morgan fingerprint density at radius 3 is 2.82 bits per heavy atom. The summed E-state index contributed by atoms with van der Waals surface area (Å²) in [7, 11) is 0. The monoisotopic (exact) mass is 390 g/mol. The van der Waals surface area contributed by atoms with Crippen LogP contribution in [0.3, 0.4) is 0 Å². The van der Waals surface area contributed by atoms with Crippen LogP contribution in [0, 0.1) is 13.8 Å². The van der Waals surface area contributed by atoms with E-state index in [0.29, 0.717) is 16.6 Å². The van der Waals surface area contributed by atoms with E-state index in [1.807, 2.05) is 55.6 Å². The minimum absolute atomic E-state index is 0.101. The molecular formula is C21H18N4O2S. The largest absolute Gasteiger partial charge is 0.325 e. The molecule has 0 aliphatic rings. The summed E-state index contributed by atoms with van der Waals surface area (Å²) in [5.41, 5.74) is 3.84. The number of nitrogens with zero attached hydrogens (tertiary/aromatic N) is 3. The number of carbonyl (C=O) groups is 1. The number of hydrogen-bond acceptors (Lipinski definition) is 5. The molecule has 0 fully saturated rings. The predicted octanol–water partition coefficient (Wildman–Crippen LogP) is 3.78. The number of anilines is 1. The van der Waals surface area contributed by atoms with Gasteiger partial charge in [0.15, 0.2) is 0 Å². The van der Waals surface area contributed by atoms with Crippen molar-refractivity contribution in [2.75, 3.05) is 5.32 Å². The summed E-state index contributed by atoms with van der Waals surface area (Å²) in [4.78, 5) is 33.9. The Kier molecular flexibility index (Phi) is 4.75. The fourth-order valence-corrected chi connectivity index (χ4v) is 3.61. The molecule has 2 aromatic carbocycles. The van der Waals surface area contributed by atoms with E-state index in [1.165, 1.54) is 10.9 Å². The number of amides is 1. The average Bonchev–Trinajstić information content (AvgIpc) is 3.11. The number of rotatable bonds is 4. The normalized spacial score (nSPS) is 10.9. The molecule has 2 heterocycles. The van der Waals surface area contributed by atoms with Crippen LogP contribution in [0.15, 0.2) is 59.0 Å². The zero-order valence-corrected chi connectivity index (χ0v) is 16.3. The summed E-state index contributed by atoms with van der Waals surface area (Å²) in [6.07, 6.45) is 1.41. The molecular weight excluding hydrogens is 372 g/mol. The van der Waals surface area contributed by atoms with Crippen molar-refractivity contribution in [2.24, 2.45) is 0 Å².